The van der Waals surface area contributed by atoms with Gasteiger partial charge in [-0.3, -0.25) is 14.9 Å². The van der Waals surface area contributed by atoms with Crippen molar-refractivity contribution in [2.45, 2.75) is 26.2 Å². The van der Waals surface area contributed by atoms with Crippen LogP contribution >= 0.6 is 0 Å². The molecule has 2 rings (SSSR count). The Morgan fingerprint density at radius 2 is 2.15 bits per heavy atom. The Kier molecular flexibility index (Phi) is 4.49. The summed E-state index contributed by atoms with van der Waals surface area (Å²) < 4.78 is 0. The van der Waals surface area contributed by atoms with Crippen LogP contribution in [0.1, 0.15) is 24.8 Å². The Balaban J connectivity index is 1.92. The minimum Gasteiger partial charge on any atom is -0.361 e. The molecule has 1 saturated heterocycles. The third-order valence-electron chi connectivity index (χ3n) is 3.41. The fourth-order valence-corrected chi connectivity index (χ4v) is 2.26. The van der Waals surface area contributed by atoms with Crippen LogP contribution in [-0.2, 0) is 4.79 Å². The third kappa shape index (κ3) is 3.43. The standard InChI is InChI=1S/C13H18N4O3/c1-10-7-12(14-8-11(10)17(19)20)15-9-13(18)16-5-3-2-4-6-16/h7-8H,2-6,9H2,1H3,(H,14,15). The predicted octanol–water partition coefficient (Wildman–Crippen LogP) is 1.72. The van der Waals surface area contributed by atoms with Gasteiger partial charge < -0.3 is 10.2 Å². The zero-order chi connectivity index (χ0) is 14.5. The highest BCUT2D eigenvalue weighted by molar-refractivity contribution is 5.80. The molecule has 0 aliphatic carbocycles. The molecule has 20 heavy (non-hydrogen) atoms. The lowest BCUT2D eigenvalue weighted by atomic mass is 10.1. The van der Waals surface area contributed by atoms with Gasteiger partial charge >= 0.3 is 0 Å². The van der Waals surface area contributed by atoms with E-state index in [0.29, 0.717) is 11.4 Å². The molecular formula is C13H18N4O3. The van der Waals surface area contributed by atoms with Crippen molar-refractivity contribution in [3.63, 3.8) is 0 Å². The first-order chi connectivity index (χ1) is 9.58. The summed E-state index contributed by atoms with van der Waals surface area (Å²) in [7, 11) is 0. The van der Waals surface area contributed by atoms with Gasteiger partial charge in [0.15, 0.2) is 0 Å². The van der Waals surface area contributed by atoms with Crippen molar-refractivity contribution in [1.82, 2.24) is 9.88 Å². The second kappa shape index (κ2) is 6.31. The number of nitrogens with zero attached hydrogens (tertiary/aromatic N) is 3. The van der Waals surface area contributed by atoms with E-state index in [0.717, 1.165) is 25.9 Å². The molecule has 0 radical (unpaired) electrons. The number of anilines is 1. The van der Waals surface area contributed by atoms with Crippen molar-refractivity contribution < 1.29 is 9.72 Å². The Morgan fingerprint density at radius 3 is 2.75 bits per heavy atom. The molecule has 7 nitrogen and oxygen atoms in total. The smallest absolute Gasteiger partial charge is 0.290 e. The fourth-order valence-electron chi connectivity index (χ4n) is 2.26. The number of hydrogen-bond acceptors (Lipinski definition) is 5. The van der Waals surface area contributed by atoms with Gasteiger partial charge in [0.05, 0.1) is 11.5 Å². The average molecular weight is 278 g/mol. The van der Waals surface area contributed by atoms with Gasteiger partial charge in [0.2, 0.25) is 5.91 Å². The van der Waals surface area contributed by atoms with Gasteiger partial charge in [0, 0.05) is 18.7 Å². The van der Waals surface area contributed by atoms with Crippen molar-refractivity contribution >= 4 is 17.4 Å². The van der Waals surface area contributed by atoms with Gasteiger partial charge in [0.25, 0.3) is 5.69 Å². The number of piperidine rings is 1. The summed E-state index contributed by atoms with van der Waals surface area (Å²) in [6, 6.07) is 1.58. The maximum atomic E-state index is 12.0. The second-order valence-electron chi connectivity index (χ2n) is 4.91. The molecule has 7 heteroatoms. The number of hydrogen-bond donors (Lipinski definition) is 1. The number of amides is 1. The largest absolute Gasteiger partial charge is 0.361 e. The molecule has 0 spiro atoms. The van der Waals surface area contributed by atoms with Crippen LogP contribution in [0.3, 0.4) is 0 Å². The lowest BCUT2D eigenvalue weighted by Gasteiger charge is -2.26. The zero-order valence-corrected chi connectivity index (χ0v) is 11.5. The quantitative estimate of drug-likeness (QED) is 0.669. The molecule has 108 valence electrons. The van der Waals surface area contributed by atoms with Crippen molar-refractivity contribution in [3.05, 3.63) is 27.9 Å². The van der Waals surface area contributed by atoms with E-state index in [1.165, 1.54) is 12.6 Å². The monoisotopic (exact) mass is 278 g/mol. The number of nitrogens with one attached hydrogen (secondary N) is 1. The SMILES string of the molecule is Cc1cc(NCC(=O)N2CCCCC2)ncc1[N+](=O)[O-]. The Morgan fingerprint density at radius 1 is 1.45 bits per heavy atom. The average Bonchev–Trinajstić information content (AvgIpc) is 2.45. The molecule has 0 aromatic carbocycles. The van der Waals surface area contributed by atoms with Gasteiger partial charge in [-0.2, -0.15) is 0 Å². The normalized spacial score (nSPS) is 14.9. The molecule has 0 saturated carbocycles. The summed E-state index contributed by atoms with van der Waals surface area (Å²) in [6.07, 6.45) is 4.50. The van der Waals surface area contributed by atoms with E-state index in [9.17, 15) is 14.9 Å². The Labute approximate surface area is 117 Å². The molecule has 1 aliphatic rings. The molecule has 1 N–H and O–H groups in total. The van der Waals surface area contributed by atoms with E-state index in [4.69, 9.17) is 0 Å². The molecule has 0 unspecified atom stereocenters. The number of likely N-dealkylation sites (tertiary alicyclic amines) is 1. The van der Waals surface area contributed by atoms with Crippen molar-refractivity contribution in [2.24, 2.45) is 0 Å². The third-order valence-corrected chi connectivity index (χ3v) is 3.41. The number of aryl methyl sites for hydroxylation is 1. The maximum Gasteiger partial charge on any atom is 0.290 e. The van der Waals surface area contributed by atoms with Gasteiger partial charge in [-0.25, -0.2) is 4.98 Å². The number of nitro groups is 1. The lowest BCUT2D eigenvalue weighted by molar-refractivity contribution is -0.385. The number of carbonyl (C=O) groups excluding carboxylic acids is 1. The Bertz CT molecular complexity index is 512. The van der Waals surface area contributed by atoms with E-state index in [1.54, 1.807) is 13.0 Å². The summed E-state index contributed by atoms with van der Waals surface area (Å²) in [5, 5.41) is 13.6. The van der Waals surface area contributed by atoms with E-state index >= 15 is 0 Å². The van der Waals surface area contributed by atoms with Crippen LogP contribution in [0.2, 0.25) is 0 Å². The number of aromatic nitrogens is 1. The van der Waals surface area contributed by atoms with Crippen LogP contribution in [0.4, 0.5) is 11.5 Å². The highest BCUT2D eigenvalue weighted by Crippen LogP contribution is 2.18. The summed E-state index contributed by atoms with van der Waals surface area (Å²) in [5.74, 6) is 0.529. The van der Waals surface area contributed by atoms with Gasteiger partial charge in [0.1, 0.15) is 12.0 Å². The highest BCUT2D eigenvalue weighted by atomic mass is 16.6. The van der Waals surface area contributed by atoms with Crippen molar-refractivity contribution in [1.29, 1.82) is 0 Å². The van der Waals surface area contributed by atoms with E-state index in [1.807, 2.05) is 4.90 Å². The van der Waals surface area contributed by atoms with Crippen LogP contribution in [-0.4, -0.2) is 40.3 Å². The molecule has 1 aliphatic heterocycles. The second-order valence-corrected chi connectivity index (χ2v) is 4.91. The number of rotatable bonds is 4. The van der Waals surface area contributed by atoms with Crippen LogP contribution in [0.5, 0.6) is 0 Å². The minimum atomic E-state index is -0.467. The molecule has 1 fully saturated rings. The molecule has 1 aromatic heterocycles. The number of pyridine rings is 1. The summed E-state index contributed by atoms with van der Waals surface area (Å²) in [4.78, 5) is 28.0. The minimum absolute atomic E-state index is 0.0158. The summed E-state index contributed by atoms with van der Waals surface area (Å²) in [6.45, 7) is 3.45. The first-order valence-corrected chi connectivity index (χ1v) is 6.70. The zero-order valence-electron chi connectivity index (χ0n) is 11.5. The van der Waals surface area contributed by atoms with Crippen molar-refractivity contribution in [2.75, 3.05) is 25.0 Å². The maximum absolute atomic E-state index is 12.0. The van der Waals surface area contributed by atoms with E-state index in [2.05, 4.69) is 10.3 Å². The van der Waals surface area contributed by atoms with Gasteiger partial charge in [-0.1, -0.05) is 0 Å². The fraction of sp³-hybridized carbons (Fsp3) is 0.538. The van der Waals surface area contributed by atoms with E-state index in [-0.39, 0.29) is 18.1 Å². The molecule has 2 heterocycles. The van der Waals surface area contributed by atoms with Gasteiger partial charge in [-0.15, -0.1) is 0 Å². The molecular weight excluding hydrogens is 260 g/mol. The highest BCUT2D eigenvalue weighted by Gasteiger charge is 2.16. The molecule has 0 bridgehead atoms. The van der Waals surface area contributed by atoms with Crippen molar-refractivity contribution in [3.8, 4) is 0 Å². The Hall–Kier alpha value is -2.18. The molecule has 1 amide bonds. The van der Waals surface area contributed by atoms with E-state index < -0.39 is 4.92 Å². The molecule has 0 atom stereocenters. The lowest BCUT2D eigenvalue weighted by Crippen LogP contribution is -2.39. The summed E-state index contributed by atoms with van der Waals surface area (Å²) in [5.41, 5.74) is 0.510. The number of carbonyl (C=O) groups is 1. The van der Waals surface area contributed by atoms with Gasteiger partial charge in [-0.05, 0) is 32.3 Å². The first kappa shape index (κ1) is 14.2. The summed E-state index contributed by atoms with van der Waals surface area (Å²) >= 11 is 0. The molecule has 1 aromatic rings. The van der Waals surface area contributed by atoms with Crippen LogP contribution in [0.15, 0.2) is 12.3 Å². The predicted molar refractivity (Wildman–Crippen MR) is 74.5 cm³/mol. The topological polar surface area (TPSA) is 88.4 Å². The first-order valence-electron chi connectivity index (χ1n) is 6.70. The van der Waals surface area contributed by atoms with Crippen LogP contribution in [0, 0.1) is 17.0 Å². The van der Waals surface area contributed by atoms with Crippen LogP contribution < -0.4 is 5.32 Å². The van der Waals surface area contributed by atoms with Crippen LogP contribution in [0.25, 0.3) is 0 Å².